The summed E-state index contributed by atoms with van der Waals surface area (Å²) in [5.74, 6) is 0.0476. The molecule has 1 aliphatic rings. The first-order chi connectivity index (χ1) is 15.3. The van der Waals surface area contributed by atoms with E-state index < -0.39 is 9.84 Å². The molecule has 1 fully saturated rings. The van der Waals surface area contributed by atoms with Crippen LogP contribution in [0, 0.1) is 6.92 Å². The van der Waals surface area contributed by atoms with E-state index in [1.807, 2.05) is 44.2 Å². The molecule has 0 saturated carbocycles. The monoisotopic (exact) mass is 471 g/mol. The lowest BCUT2D eigenvalue weighted by molar-refractivity contribution is -0.129. The fourth-order valence-corrected chi connectivity index (χ4v) is 6.63. The highest BCUT2D eigenvalue weighted by atomic mass is 32.2. The van der Waals surface area contributed by atoms with Gasteiger partial charge in [-0.2, -0.15) is 0 Å². The minimum atomic E-state index is -3.09. The number of aromatic nitrogens is 2. The Kier molecular flexibility index (Phi) is 6.39. The van der Waals surface area contributed by atoms with E-state index in [4.69, 9.17) is 0 Å². The van der Waals surface area contributed by atoms with Gasteiger partial charge in [-0.3, -0.25) is 14.2 Å². The SMILES string of the molecule is CCN(C(=O)CSc1nc2ccccc2c(=O)n1-c1ccc(C)cc1)[C@@H]1CCS(=O)(=O)C1. The molecule has 4 rings (SSSR count). The summed E-state index contributed by atoms with van der Waals surface area (Å²) in [4.78, 5) is 32.6. The maximum absolute atomic E-state index is 13.3. The molecule has 1 aromatic heterocycles. The maximum Gasteiger partial charge on any atom is 0.266 e. The van der Waals surface area contributed by atoms with E-state index in [-0.39, 0.29) is 34.8 Å². The van der Waals surface area contributed by atoms with Crippen molar-refractivity contribution in [3.63, 3.8) is 0 Å². The van der Waals surface area contributed by atoms with Crippen LogP contribution in [0.15, 0.2) is 58.5 Å². The van der Waals surface area contributed by atoms with Gasteiger partial charge in [0.05, 0.1) is 33.8 Å². The summed E-state index contributed by atoms with van der Waals surface area (Å²) < 4.78 is 25.3. The summed E-state index contributed by atoms with van der Waals surface area (Å²) in [6.45, 7) is 4.27. The second-order valence-electron chi connectivity index (χ2n) is 7.91. The standard InChI is InChI=1S/C23H25N3O4S2/c1-3-25(18-12-13-32(29,30)15-18)21(27)14-31-23-24-20-7-5-4-6-19(20)22(28)26(23)17-10-8-16(2)9-11-17/h4-11,18H,3,12-15H2,1-2H3/t18-/m1/s1. The van der Waals surface area contributed by atoms with Crippen LogP contribution in [0.3, 0.4) is 0 Å². The Labute approximate surface area is 191 Å². The van der Waals surface area contributed by atoms with Gasteiger partial charge in [0, 0.05) is 12.6 Å². The van der Waals surface area contributed by atoms with Crippen molar-refractivity contribution in [3.05, 3.63) is 64.4 Å². The summed E-state index contributed by atoms with van der Waals surface area (Å²) >= 11 is 1.20. The third-order valence-electron chi connectivity index (χ3n) is 5.67. The third-order valence-corrected chi connectivity index (χ3v) is 8.35. The maximum atomic E-state index is 13.3. The molecule has 2 heterocycles. The first-order valence-corrected chi connectivity index (χ1v) is 13.3. The zero-order chi connectivity index (χ0) is 22.9. The van der Waals surface area contributed by atoms with Crippen LogP contribution >= 0.6 is 11.8 Å². The van der Waals surface area contributed by atoms with Gasteiger partial charge in [0.2, 0.25) is 5.91 Å². The number of hydrogen-bond acceptors (Lipinski definition) is 6. The highest BCUT2D eigenvalue weighted by Crippen LogP contribution is 2.24. The van der Waals surface area contributed by atoms with E-state index >= 15 is 0 Å². The van der Waals surface area contributed by atoms with Crippen molar-refractivity contribution in [2.24, 2.45) is 0 Å². The average Bonchev–Trinajstić information content (AvgIpc) is 3.13. The Hall–Kier alpha value is -2.65. The molecular formula is C23H25N3O4S2. The van der Waals surface area contributed by atoms with Crippen molar-refractivity contribution in [1.82, 2.24) is 14.5 Å². The predicted octanol–water partition coefficient (Wildman–Crippen LogP) is 2.82. The molecule has 0 aliphatic carbocycles. The van der Waals surface area contributed by atoms with E-state index in [0.717, 1.165) is 5.56 Å². The largest absolute Gasteiger partial charge is 0.338 e. The van der Waals surface area contributed by atoms with Crippen LogP contribution < -0.4 is 5.56 Å². The molecular weight excluding hydrogens is 446 g/mol. The van der Waals surface area contributed by atoms with E-state index in [1.165, 1.54) is 16.3 Å². The first kappa shape index (κ1) is 22.5. The lowest BCUT2D eigenvalue weighted by Crippen LogP contribution is -2.42. The minimum Gasteiger partial charge on any atom is -0.338 e. The number of benzene rings is 2. The van der Waals surface area contributed by atoms with Crippen molar-refractivity contribution in [2.45, 2.75) is 31.5 Å². The van der Waals surface area contributed by atoms with Gasteiger partial charge in [0.1, 0.15) is 0 Å². The van der Waals surface area contributed by atoms with Gasteiger partial charge in [-0.05, 0) is 44.5 Å². The topological polar surface area (TPSA) is 89.3 Å². The highest BCUT2D eigenvalue weighted by molar-refractivity contribution is 7.99. The molecule has 1 aliphatic heterocycles. The fourth-order valence-electron chi connectivity index (χ4n) is 4.00. The number of carbonyl (C=O) groups excluding carboxylic acids is 1. The van der Waals surface area contributed by atoms with Gasteiger partial charge in [0.15, 0.2) is 15.0 Å². The molecule has 2 aromatic carbocycles. The average molecular weight is 472 g/mol. The lowest BCUT2D eigenvalue weighted by Gasteiger charge is -2.26. The Morgan fingerprint density at radius 3 is 2.56 bits per heavy atom. The lowest BCUT2D eigenvalue weighted by atomic mass is 10.2. The van der Waals surface area contributed by atoms with Gasteiger partial charge in [-0.1, -0.05) is 41.6 Å². The molecule has 1 amide bonds. The molecule has 0 unspecified atom stereocenters. The van der Waals surface area contributed by atoms with Crippen LogP contribution in [-0.4, -0.2) is 58.6 Å². The summed E-state index contributed by atoms with van der Waals surface area (Å²) in [7, 11) is -3.09. The molecule has 1 atom stereocenters. The molecule has 1 saturated heterocycles. The first-order valence-electron chi connectivity index (χ1n) is 10.5. The third kappa shape index (κ3) is 4.59. The van der Waals surface area contributed by atoms with Crippen molar-refractivity contribution >= 4 is 38.4 Å². The second kappa shape index (κ2) is 9.07. The number of aryl methyl sites for hydroxylation is 1. The van der Waals surface area contributed by atoms with Gasteiger partial charge in [0.25, 0.3) is 5.56 Å². The number of thioether (sulfide) groups is 1. The Morgan fingerprint density at radius 1 is 1.19 bits per heavy atom. The Balaban J connectivity index is 1.66. The molecule has 7 nitrogen and oxygen atoms in total. The minimum absolute atomic E-state index is 0.0134. The molecule has 3 aromatic rings. The number of hydrogen-bond donors (Lipinski definition) is 0. The fraction of sp³-hybridized carbons (Fsp3) is 0.348. The van der Waals surface area contributed by atoms with Crippen molar-refractivity contribution in [3.8, 4) is 5.69 Å². The van der Waals surface area contributed by atoms with Gasteiger partial charge < -0.3 is 4.90 Å². The van der Waals surface area contributed by atoms with Crippen LogP contribution in [-0.2, 0) is 14.6 Å². The highest BCUT2D eigenvalue weighted by Gasteiger charge is 2.34. The summed E-state index contributed by atoms with van der Waals surface area (Å²) in [5, 5.41) is 0.941. The zero-order valence-corrected chi connectivity index (χ0v) is 19.7. The molecule has 0 spiro atoms. The van der Waals surface area contributed by atoms with E-state index in [2.05, 4.69) is 4.98 Å². The van der Waals surface area contributed by atoms with E-state index in [0.29, 0.717) is 34.7 Å². The molecule has 32 heavy (non-hydrogen) atoms. The summed E-state index contributed by atoms with van der Waals surface area (Å²) in [6.07, 6.45) is 0.467. The summed E-state index contributed by atoms with van der Waals surface area (Å²) in [6, 6.07) is 14.4. The van der Waals surface area contributed by atoms with Crippen LogP contribution in [0.1, 0.15) is 18.9 Å². The van der Waals surface area contributed by atoms with Gasteiger partial charge in [-0.25, -0.2) is 13.4 Å². The van der Waals surface area contributed by atoms with Crippen molar-refractivity contribution < 1.29 is 13.2 Å². The number of carbonyl (C=O) groups is 1. The number of amides is 1. The van der Waals surface area contributed by atoms with Crippen LogP contribution in [0.25, 0.3) is 16.6 Å². The van der Waals surface area contributed by atoms with Crippen LogP contribution in [0.4, 0.5) is 0 Å². The zero-order valence-electron chi connectivity index (χ0n) is 18.0. The smallest absolute Gasteiger partial charge is 0.266 e. The second-order valence-corrected chi connectivity index (χ2v) is 11.1. The number of rotatable bonds is 6. The molecule has 0 N–H and O–H groups in total. The van der Waals surface area contributed by atoms with Crippen molar-refractivity contribution in [2.75, 3.05) is 23.8 Å². The number of para-hydroxylation sites is 1. The number of fused-ring (bicyclic) bond motifs is 1. The van der Waals surface area contributed by atoms with E-state index in [9.17, 15) is 18.0 Å². The van der Waals surface area contributed by atoms with Gasteiger partial charge >= 0.3 is 0 Å². The molecule has 0 radical (unpaired) electrons. The quantitative estimate of drug-likeness (QED) is 0.406. The van der Waals surface area contributed by atoms with E-state index in [1.54, 1.807) is 23.1 Å². The summed E-state index contributed by atoms with van der Waals surface area (Å²) in [5.41, 5.74) is 2.14. The Bertz CT molecular complexity index is 1320. The van der Waals surface area contributed by atoms with Crippen LogP contribution in [0.5, 0.6) is 0 Å². The molecule has 9 heteroatoms. The molecule has 168 valence electrons. The van der Waals surface area contributed by atoms with Crippen molar-refractivity contribution in [1.29, 1.82) is 0 Å². The van der Waals surface area contributed by atoms with Gasteiger partial charge in [-0.15, -0.1) is 0 Å². The molecule has 0 bridgehead atoms. The normalized spacial score (nSPS) is 17.5. The Morgan fingerprint density at radius 2 is 1.91 bits per heavy atom. The van der Waals surface area contributed by atoms with Crippen LogP contribution in [0.2, 0.25) is 0 Å². The number of nitrogens with zero attached hydrogens (tertiary/aromatic N) is 3. The number of sulfone groups is 1. The predicted molar refractivity (Wildman–Crippen MR) is 127 cm³/mol.